The highest BCUT2D eigenvalue weighted by Crippen LogP contribution is 2.30. The van der Waals surface area contributed by atoms with E-state index in [1.807, 2.05) is 18.2 Å². The molecule has 4 heteroatoms. The van der Waals surface area contributed by atoms with Crippen molar-refractivity contribution >= 4 is 0 Å². The van der Waals surface area contributed by atoms with Gasteiger partial charge in [-0.05, 0) is 38.6 Å². The summed E-state index contributed by atoms with van der Waals surface area (Å²) >= 11 is 0. The van der Waals surface area contributed by atoms with Crippen molar-refractivity contribution in [3.8, 4) is 11.5 Å². The first-order valence-corrected chi connectivity index (χ1v) is 6.67. The van der Waals surface area contributed by atoms with Crippen LogP contribution in [0.15, 0.2) is 18.2 Å². The molecule has 1 N–H and O–H groups in total. The van der Waals surface area contributed by atoms with Crippen LogP contribution in [0.1, 0.15) is 32.4 Å². The van der Waals surface area contributed by atoms with Gasteiger partial charge in [0.05, 0.1) is 20.3 Å². The molecule has 0 saturated heterocycles. The molecule has 0 aromatic heterocycles. The molecule has 0 aliphatic heterocycles. The second-order valence-electron chi connectivity index (χ2n) is 4.80. The van der Waals surface area contributed by atoms with Crippen LogP contribution in [0.3, 0.4) is 0 Å². The summed E-state index contributed by atoms with van der Waals surface area (Å²) in [6, 6.07) is 5.88. The summed E-state index contributed by atoms with van der Waals surface area (Å²) in [6.45, 7) is 7.83. The van der Waals surface area contributed by atoms with Crippen molar-refractivity contribution in [1.82, 2.24) is 4.90 Å². The maximum absolute atomic E-state index is 10.4. The number of hydrogen-bond donors (Lipinski definition) is 1. The van der Waals surface area contributed by atoms with Crippen LogP contribution in [0.25, 0.3) is 0 Å². The van der Waals surface area contributed by atoms with Crippen molar-refractivity contribution in [3.63, 3.8) is 0 Å². The molecule has 0 fully saturated rings. The molecular formula is C15H25NO3. The lowest BCUT2D eigenvalue weighted by Crippen LogP contribution is -2.34. The fourth-order valence-electron chi connectivity index (χ4n) is 2.13. The number of rotatable bonds is 7. The number of methoxy groups -OCH3 is 2. The molecule has 108 valence electrons. The van der Waals surface area contributed by atoms with E-state index in [-0.39, 0.29) is 0 Å². The van der Waals surface area contributed by atoms with Crippen molar-refractivity contribution < 1.29 is 14.6 Å². The molecule has 0 heterocycles. The Morgan fingerprint density at radius 2 is 1.89 bits per heavy atom. The first kappa shape index (κ1) is 15.8. The van der Waals surface area contributed by atoms with E-state index >= 15 is 0 Å². The van der Waals surface area contributed by atoms with E-state index in [2.05, 4.69) is 25.7 Å². The lowest BCUT2D eigenvalue weighted by molar-refractivity contribution is 0.0969. The smallest absolute Gasteiger partial charge is 0.124 e. The lowest BCUT2D eigenvalue weighted by atomic mass is 10.1. The van der Waals surface area contributed by atoms with E-state index in [9.17, 15) is 5.11 Å². The van der Waals surface area contributed by atoms with E-state index in [0.29, 0.717) is 18.3 Å². The van der Waals surface area contributed by atoms with Gasteiger partial charge in [-0.2, -0.15) is 0 Å². The van der Waals surface area contributed by atoms with Crippen molar-refractivity contribution in [1.29, 1.82) is 0 Å². The average Bonchev–Trinajstić information content (AvgIpc) is 2.43. The molecule has 0 aliphatic carbocycles. The van der Waals surface area contributed by atoms with Crippen LogP contribution in [0.2, 0.25) is 0 Å². The SMILES string of the molecule is CCN(CC(O)c1cc(OC)ccc1OC)C(C)C. The minimum absolute atomic E-state index is 0.399. The Morgan fingerprint density at radius 3 is 2.37 bits per heavy atom. The highest BCUT2D eigenvalue weighted by atomic mass is 16.5. The van der Waals surface area contributed by atoms with E-state index in [1.165, 1.54) is 0 Å². The molecule has 1 rings (SSSR count). The third kappa shape index (κ3) is 4.11. The number of aliphatic hydroxyl groups is 1. The van der Waals surface area contributed by atoms with Crippen molar-refractivity contribution in [2.45, 2.75) is 32.9 Å². The van der Waals surface area contributed by atoms with Crippen LogP contribution in [-0.4, -0.2) is 43.4 Å². The monoisotopic (exact) mass is 267 g/mol. The van der Waals surface area contributed by atoms with Gasteiger partial charge in [-0.3, -0.25) is 4.90 Å². The molecular weight excluding hydrogens is 242 g/mol. The number of benzene rings is 1. The second kappa shape index (κ2) is 7.36. The van der Waals surface area contributed by atoms with Crippen molar-refractivity contribution in [3.05, 3.63) is 23.8 Å². The second-order valence-corrected chi connectivity index (χ2v) is 4.80. The molecule has 0 amide bonds. The zero-order valence-electron chi connectivity index (χ0n) is 12.5. The number of aliphatic hydroxyl groups excluding tert-OH is 1. The fraction of sp³-hybridized carbons (Fsp3) is 0.600. The van der Waals surface area contributed by atoms with Crippen LogP contribution in [0, 0.1) is 0 Å². The molecule has 4 nitrogen and oxygen atoms in total. The van der Waals surface area contributed by atoms with E-state index in [4.69, 9.17) is 9.47 Å². The lowest BCUT2D eigenvalue weighted by Gasteiger charge is -2.28. The topological polar surface area (TPSA) is 41.9 Å². The van der Waals surface area contributed by atoms with Crippen molar-refractivity contribution in [2.75, 3.05) is 27.3 Å². The number of likely N-dealkylation sites (N-methyl/N-ethyl adjacent to an activating group) is 1. The maximum Gasteiger partial charge on any atom is 0.124 e. The van der Waals surface area contributed by atoms with E-state index in [0.717, 1.165) is 17.9 Å². The largest absolute Gasteiger partial charge is 0.497 e. The average molecular weight is 267 g/mol. The minimum atomic E-state index is -0.590. The molecule has 0 spiro atoms. The van der Waals surface area contributed by atoms with Gasteiger partial charge in [0.2, 0.25) is 0 Å². The van der Waals surface area contributed by atoms with Crippen LogP contribution >= 0.6 is 0 Å². The Labute approximate surface area is 115 Å². The van der Waals surface area contributed by atoms with E-state index < -0.39 is 6.10 Å². The molecule has 1 aromatic carbocycles. The molecule has 0 bridgehead atoms. The van der Waals surface area contributed by atoms with Gasteiger partial charge in [-0.15, -0.1) is 0 Å². The zero-order valence-corrected chi connectivity index (χ0v) is 12.5. The third-order valence-electron chi connectivity index (χ3n) is 3.34. The number of hydrogen-bond acceptors (Lipinski definition) is 4. The van der Waals surface area contributed by atoms with Crippen LogP contribution in [0.5, 0.6) is 11.5 Å². The van der Waals surface area contributed by atoms with Crippen molar-refractivity contribution in [2.24, 2.45) is 0 Å². The fourth-order valence-corrected chi connectivity index (χ4v) is 2.13. The summed E-state index contributed by atoms with van der Waals surface area (Å²) in [5.41, 5.74) is 0.765. The van der Waals surface area contributed by atoms with E-state index in [1.54, 1.807) is 14.2 Å². The van der Waals surface area contributed by atoms with Gasteiger partial charge in [0.1, 0.15) is 11.5 Å². The number of ether oxygens (including phenoxy) is 2. The predicted molar refractivity (Wildman–Crippen MR) is 76.9 cm³/mol. The Bertz CT molecular complexity index is 393. The summed E-state index contributed by atoms with van der Waals surface area (Å²) in [4.78, 5) is 2.21. The highest BCUT2D eigenvalue weighted by Gasteiger charge is 2.18. The number of nitrogens with zero attached hydrogens (tertiary/aromatic N) is 1. The Kier molecular flexibility index (Phi) is 6.12. The summed E-state index contributed by atoms with van der Waals surface area (Å²) in [5, 5.41) is 10.4. The van der Waals surface area contributed by atoms with Gasteiger partial charge in [-0.1, -0.05) is 6.92 Å². The summed E-state index contributed by atoms with van der Waals surface area (Å²) in [5.74, 6) is 1.41. The molecule has 1 unspecified atom stereocenters. The molecule has 0 radical (unpaired) electrons. The standard InChI is InChI=1S/C15H25NO3/c1-6-16(11(2)3)10-14(17)13-9-12(18-4)7-8-15(13)19-5/h7-9,11,14,17H,6,10H2,1-5H3. The van der Waals surface area contributed by atoms with Gasteiger partial charge >= 0.3 is 0 Å². The highest BCUT2D eigenvalue weighted by molar-refractivity contribution is 5.41. The van der Waals surface area contributed by atoms with Crippen LogP contribution < -0.4 is 9.47 Å². The van der Waals surface area contributed by atoms with Gasteiger partial charge in [0.25, 0.3) is 0 Å². The first-order valence-electron chi connectivity index (χ1n) is 6.67. The Hall–Kier alpha value is -1.26. The zero-order chi connectivity index (χ0) is 14.4. The van der Waals surface area contributed by atoms with Crippen LogP contribution in [0.4, 0.5) is 0 Å². The third-order valence-corrected chi connectivity index (χ3v) is 3.34. The summed E-state index contributed by atoms with van der Waals surface area (Å²) in [6.07, 6.45) is -0.590. The summed E-state index contributed by atoms with van der Waals surface area (Å²) in [7, 11) is 3.22. The van der Waals surface area contributed by atoms with Gasteiger partial charge in [0, 0.05) is 18.2 Å². The molecule has 19 heavy (non-hydrogen) atoms. The Balaban J connectivity index is 2.93. The van der Waals surface area contributed by atoms with Crippen LogP contribution in [-0.2, 0) is 0 Å². The van der Waals surface area contributed by atoms with Gasteiger partial charge < -0.3 is 14.6 Å². The minimum Gasteiger partial charge on any atom is -0.497 e. The maximum atomic E-state index is 10.4. The Morgan fingerprint density at radius 1 is 1.21 bits per heavy atom. The normalized spacial score (nSPS) is 12.8. The first-order chi connectivity index (χ1) is 9.03. The molecule has 1 aromatic rings. The molecule has 0 aliphatic rings. The van der Waals surface area contributed by atoms with Gasteiger partial charge in [-0.25, -0.2) is 0 Å². The van der Waals surface area contributed by atoms with Gasteiger partial charge in [0.15, 0.2) is 0 Å². The molecule has 1 atom stereocenters. The quantitative estimate of drug-likeness (QED) is 0.824. The predicted octanol–water partition coefficient (Wildman–Crippen LogP) is 2.47. The summed E-state index contributed by atoms with van der Waals surface area (Å²) < 4.78 is 10.5. The molecule has 0 saturated carbocycles.